The summed E-state index contributed by atoms with van der Waals surface area (Å²) in [5.41, 5.74) is 2.18. The Morgan fingerprint density at radius 2 is 1.90 bits per heavy atom. The van der Waals surface area contributed by atoms with E-state index in [1.165, 1.54) is 6.07 Å². The smallest absolute Gasteiger partial charge is 0.259 e. The normalized spacial score (nSPS) is 10.4. The molecule has 0 radical (unpaired) electrons. The quantitative estimate of drug-likeness (QED) is 0.804. The molecule has 1 amide bonds. The molecular weight excluding hydrogens is 321 g/mol. The molecule has 0 aliphatic carbocycles. The zero-order valence-electron chi connectivity index (χ0n) is 11.4. The lowest BCUT2D eigenvalue weighted by atomic mass is 10.1. The number of carbonyl (C=O) groups is 1. The molecule has 0 fully saturated rings. The first-order chi connectivity index (χ1) is 9.56. The van der Waals surface area contributed by atoms with Crippen molar-refractivity contribution < 1.29 is 9.18 Å². The third-order valence-corrected chi connectivity index (χ3v) is 3.96. The van der Waals surface area contributed by atoms with Crippen molar-refractivity contribution in [2.24, 2.45) is 0 Å². The van der Waals surface area contributed by atoms with Crippen LogP contribution in [-0.4, -0.2) is 12.5 Å². The Labute approximate surface area is 126 Å². The van der Waals surface area contributed by atoms with Crippen molar-refractivity contribution in [3.63, 3.8) is 0 Å². The number of halogens is 2. The molecule has 0 aliphatic heterocycles. The van der Waals surface area contributed by atoms with Gasteiger partial charge in [-0.3, -0.25) is 4.79 Å². The van der Waals surface area contributed by atoms with Crippen LogP contribution in [0.3, 0.4) is 0 Å². The molecule has 0 unspecified atom stereocenters. The van der Waals surface area contributed by atoms with Gasteiger partial charge in [0, 0.05) is 12.2 Å². The minimum Gasteiger partial charge on any atom is -0.308 e. The van der Waals surface area contributed by atoms with E-state index >= 15 is 0 Å². The van der Waals surface area contributed by atoms with Crippen molar-refractivity contribution in [3.05, 3.63) is 63.9 Å². The molecule has 2 aromatic rings. The van der Waals surface area contributed by atoms with Gasteiger partial charge < -0.3 is 4.90 Å². The van der Waals surface area contributed by atoms with Crippen molar-refractivity contribution in [1.29, 1.82) is 0 Å². The second-order valence-electron chi connectivity index (χ2n) is 4.44. The number of anilines is 1. The molecule has 0 saturated heterocycles. The van der Waals surface area contributed by atoms with Gasteiger partial charge in [-0.2, -0.15) is 0 Å². The summed E-state index contributed by atoms with van der Waals surface area (Å²) in [4.78, 5) is 14.3. The van der Waals surface area contributed by atoms with Gasteiger partial charge in [0.25, 0.3) is 5.91 Å². The first kappa shape index (κ1) is 14.7. The number of hydrogen-bond acceptors (Lipinski definition) is 1. The van der Waals surface area contributed by atoms with Crippen molar-refractivity contribution >= 4 is 27.5 Å². The molecule has 0 spiro atoms. The summed E-state index contributed by atoms with van der Waals surface area (Å²) in [5, 5.41) is 0. The zero-order valence-corrected chi connectivity index (χ0v) is 12.9. The van der Waals surface area contributed by atoms with Crippen LogP contribution in [0.4, 0.5) is 10.1 Å². The molecule has 104 valence electrons. The molecule has 0 atom stereocenters. The van der Waals surface area contributed by atoms with E-state index in [1.54, 1.807) is 17.0 Å². The van der Waals surface area contributed by atoms with Gasteiger partial charge in [0.1, 0.15) is 5.82 Å². The largest absolute Gasteiger partial charge is 0.308 e. The van der Waals surface area contributed by atoms with Gasteiger partial charge in [-0.25, -0.2) is 4.39 Å². The molecule has 20 heavy (non-hydrogen) atoms. The van der Waals surface area contributed by atoms with E-state index in [0.717, 1.165) is 11.3 Å². The van der Waals surface area contributed by atoms with E-state index in [0.29, 0.717) is 12.1 Å². The second kappa shape index (κ2) is 6.18. The zero-order chi connectivity index (χ0) is 14.7. The molecule has 0 saturated carbocycles. The summed E-state index contributed by atoms with van der Waals surface area (Å²) in [7, 11) is 0. The van der Waals surface area contributed by atoms with E-state index in [1.807, 2.05) is 38.1 Å². The van der Waals surface area contributed by atoms with Crippen LogP contribution in [0, 0.1) is 12.7 Å². The van der Waals surface area contributed by atoms with Gasteiger partial charge >= 0.3 is 0 Å². The summed E-state index contributed by atoms with van der Waals surface area (Å²) in [6.45, 7) is 4.37. The molecule has 0 aromatic heterocycles. The van der Waals surface area contributed by atoms with Crippen LogP contribution >= 0.6 is 15.9 Å². The molecule has 2 nitrogen and oxygen atoms in total. The number of rotatable bonds is 3. The molecular formula is C16H15BrFNO. The second-order valence-corrected chi connectivity index (χ2v) is 5.23. The Balaban J connectivity index is 2.45. The van der Waals surface area contributed by atoms with Gasteiger partial charge in [0.15, 0.2) is 0 Å². The van der Waals surface area contributed by atoms with E-state index in [-0.39, 0.29) is 10.4 Å². The fraction of sp³-hybridized carbons (Fsp3) is 0.188. The van der Waals surface area contributed by atoms with E-state index in [2.05, 4.69) is 15.9 Å². The number of benzene rings is 2. The van der Waals surface area contributed by atoms with Crippen LogP contribution in [0.5, 0.6) is 0 Å². The number of amides is 1. The molecule has 2 aromatic carbocycles. The fourth-order valence-corrected chi connectivity index (χ4v) is 2.54. The lowest BCUT2D eigenvalue weighted by molar-refractivity contribution is 0.0987. The topological polar surface area (TPSA) is 20.3 Å². The van der Waals surface area contributed by atoms with E-state index in [9.17, 15) is 9.18 Å². The molecule has 0 heterocycles. The number of aryl methyl sites for hydroxylation is 1. The van der Waals surface area contributed by atoms with Crippen molar-refractivity contribution in [2.75, 3.05) is 11.4 Å². The standard InChI is InChI=1S/C16H15BrFNO/c1-3-19(14-10-5-4-7-11(14)2)16(20)12-8-6-9-13(18)15(12)17/h4-10H,3H2,1-2H3. The Hall–Kier alpha value is -1.68. The third kappa shape index (κ3) is 2.75. The lowest BCUT2D eigenvalue weighted by Crippen LogP contribution is -2.31. The van der Waals surface area contributed by atoms with Gasteiger partial charge in [0.05, 0.1) is 10.0 Å². The van der Waals surface area contributed by atoms with Crippen LogP contribution in [0.1, 0.15) is 22.8 Å². The lowest BCUT2D eigenvalue weighted by Gasteiger charge is -2.23. The van der Waals surface area contributed by atoms with Crippen LogP contribution in [0.15, 0.2) is 46.9 Å². The summed E-state index contributed by atoms with van der Waals surface area (Å²) in [6, 6.07) is 12.1. The van der Waals surface area contributed by atoms with Crippen LogP contribution in [0.2, 0.25) is 0 Å². The minimum atomic E-state index is -0.434. The maximum atomic E-state index is 13.6. The summed E-state index contributed by atoms with van der Waals surface area (Å²) < 4.78 is 13.8. The average molecular weight is 336 g/mol. The molecule has 4 heteroatoms. The fourth-order valence-electron chi connectivity index (χ4n) is 2.10. The molecule has 0 aliphatic rings. The van der Waals surface area contributed by atoms with Crippen LogP contribution < -0.4 is 4.90 Å². The van der Waals surface area contributed by atoms with Crippen LogP contribution in [-0.2, 0) is 0 Å². The highest BCUT2D eigenvalue weighted by Crippen LogP contribution is 2.26. The van der Waals surface area contributed by atoms with Crippen molar-refractivity contribution in [2.45, 2.75) is 13.8 Å². The van der Waals surface area contributed by atoms with Gasteiger partial charge in [-0.1, -0.05) is 24.3 Å². The Bertz CT molecular complexity index is 642. The maximum absolute atomic E-state index is 13.6. The van der Waals surface area contributed by atoms with Gasteiger partial charge in [0.2, 0.25) is 0 Å². The number of nitrogens with zero attached hydrogens (tertiary/aromatic N) is 1. The predicted octanol–water partition coefficient (Wildman–Crippen LogP) is 4.56. The van der Waals surface area contributed by atoms with Crippen molar-refractivity contribution in [1.82, 2.24) is 0 Å². The number of para-hydroxylation sites is 1. The minimum absolute atomic E-state index is 0.206. The highest BCUT2D eigenvalue weighted by Gasteiger charge is 2.20. The van der Waals surface area contributed by atoms with E-state index in [4.69, 9.17) is 0 Å². The number of hydrogen-bond donors (Lipinski definition) is 0. The first-order valence-electron chi connectivity index (χ1n) is 6.37. The summed E-state index contributed by atoms with van der Waals surface area (Å²) >= 11 is 3.15. The Morgan fingerprint density at radius 3 is 2.55 bits per heavy atom. The Morgan fingerprint density at radius 1 is 1.20 bits per heavy atom. The van der Waals surface area contributed by atoms with Gasteiger partial charge in [-0.15, -0.1) is 0 Å². The Kier molecular flexibility index (Phi) is 4.55. The number of carbonyl (C=O) groups excluding carboxylic acids is 1. The molecule has 2 rings (SSSR count). The third-order valence-electron chi connectivity index (χ3n) is 3.15. The van der Waals surface area contributed by atoms with Crippen LogP contribution in [0.25, 0.3) is 0 Å². The monoisotopic (exact) mass is 335 g/mol. The summed E-state index contributed by atoms with van der Waals surface area (Å²) in [6.07, 6.45) is 0. The first-order valence-corrected chi connectivity index (χ1v) is 7.17. The summed E-state index contributed by atoms with van der Waals surface area (Å²) in [5.74, 6) is -0.648. The highest BCUT2D eigenvalue weighted by atomic mass is 79.9. The van der Waals surface area contributed by atoms with E-state index < -0.39 is 5.82 Å². The highest BCUT2D eigenvalue weighted by molar-refractivity contribution is 9.10. The SMILES string of the molecule is CCN(C(=O)c1cccc(F)c1Br)c1ccccc1C. The molecule has 0 bridgehead atoms. The maximum Gasteiger partial charge on any atom is 0.259 e. The predicted molar refractivity (Wildman–Crippen MR) is 82.6 cm³/mol. The molecule has 0 N–H and O–H groups in total. The average Bonchev–Trinajstić information content (AvgIpc) is 2.44. The van der Waals surface area contributed by atoms with Crippen molar-refractivity contribution in [3.8, 4) is 0 Å². The van der Waals surface area contributed by atoms with Gasteiger partial charge in [-0.05, 0) is 53.5 Å².